The lowest BCUT2D eigenvalue weighted by molar-refractivity contribution is -0.385. The van der Waals surface area contributed by atoms with E-state index in [-0.39, 0.29) is 23.7 Å². The van der Waals surface area contributed by atoms with Crippen molar-refractivity contribution in [3.05, 3.63) is 116 Å². The Kier molecular flexibility index (Phi) is 6.68. The van der Waals surface area contributed by atoms with Crippen molar-refractivity contribution in [2.24, 2.45) is 0 Å². The molecule has 1 aliphatic rings. The minimum absolute atomic E-state index is 0.0246. The Morgan fingerprint density at radius 3 is 2.27 bits per heavy atom. The van der Waals surface area contributed by atoms with E-state index < -0.39 is 15.8 Å². The molecular weight excluding hydrogens is 472 g/mol. The first-order valence-corrected chi connectivity index (χ1v) is 12.2. The zero-order chi connectivity index (χ0) is 25.9. The number of nitro groups is 2. The van der Waals surface area contributed by atoms with E-state index in [4.69, 9.17) is 0 Å². The third-order valence-electron chi connectivity index (χ3n) is 7.00. The second kappa shape index (κ2) is 10.2. The van der Waals surface area contributed by atoms with Crippen LogP contribution in [0, 0.1) is 20.2 Å². The van der Waals surface area contributed by atoms with Gasteiger partial charge in [-0.25, -0.2) is 0 Å². The molecule has 2 heterocycles. The standard InChI is InChI=1S/C28H26N4O5/c33-28(29-13-4-5-14-29)17-24(21-9-6-10-22(15-21)31(34)35)26-19-30(18-20-7-2-1-3-8-20)27-12-11-23(32(36)37)16-25(26)27/h1-3,6-12,15-16,19,24H,4-5,13-14,17-18H2/t24-/m1/s1. The maximum Gasteiger partial charge on any atom is 0.270 e. The second-order valence-electron chi connectivity index (χ2n) is 9.35. The molecule has 0 saturated carbocycles. The van der Waals surface area contributed by atoms with E-state index in [1.54, 1.807) is 18.2 Å². The monoisotopic (exact) mass is 498 g/mol. The molecule has 0 bridgehead atoms. The number of carbonyl (C=O) groups excluding carboxylic acids is 1. The maximum absolute atomic E-state index is 13.3. The Morgan fingerprint density at radius 1 is 0.865 bits per heavy atom. The summed E-state index contributed by atoms with van der Waals surface area (Å²) in [6, 6.07) is 20.9. The van der Waals surface area contributed by atoms with Crippen LogP contribution in [0.2, 0.25) is 0 Å². The lowest BCUT2D eigenvalue weighted by atomic mass is 9.87. The average molecular weight is 499 g/mol. The molecule has 37 heavy (non-hydrogen) atoms. The van der Waals surface area contributed by atoms with E-state index in [0.717, 1.165) is 29.5 Å². The van der Waals surface area contributed by atoms with Gasteiger partial charge in [0.05, 0.1) is 9.85 Å². The van der Waals surface area contributed by atoms with Crippen LogP contribution in [0.1, 0.15) is 41.9 Å². The van der Waals surface area contributed by atoms with Crippen LogP contribution in [-0.2, 0) is 11.3 Å². The Balaban J connectivity index is 1.66. The lowest BCUT2D eigenvalue weighted by Gasteiger charge is -2.21. The molecule has 1 fully saturated rings. The number of hydrogen-bond donors (Lipinski definition) is 0. The van der Waals surface area contributed by atoms with Gasteiger partial charge in [-0.2, -0.15) is 0 Å². The van der Waals surface area contributed by atoms with Gasteiger partial charge in [-0.3, -0.25) is 25.0 Å². The molecule has 4 aromatic rings. The van der Waals surface area contributed by atoms with E-state index >= 15 is 0 Å². The molecule has 0 radical (unpaired) electrons. The summed E-state index contributed by atoms with van der Waals surface area (Å²) in [5.41, 5.74) is 3.12. The highest BCUT2D eigenvalue weighted by Crippen LogP contribution is 2.38. The highest BCUT2D eigenvalue weighted by molar-refractivity contribution is 5.88. The van der Waals surface area contributed by atoms with E-state index in [0.29, 0.717) is 30.6 Å². The molecule has 3 aromatic carbocycles. The minimum atomic E-state index is -0.505. The van der Waals surface area contributed by atoms with Crippen LogP contribution >= 0.6 is 0 Å². The van der Waals surface area contributed by atoms with Crippen LogP contribution in [0.15, 0.2) is 79.0 Å². The van der Waals surface area contributed by atoms with Gasteiger partial charge in [0.1, 0.15) is 0 Å². The first-order valence-electron chi connectivity index (χ1n) is 12.2. The van der Waals surface area contributed by atoms with Gasteiger partial charge in [0.25, 0.3) is 11.4 Å². The van der Waals surface area contributed by atoms with Crippen molar-refractivity contribution in [1.29, 1.82) is 0 Å². The summed E-state index contributed by atoms with van der Waals surface area (Å²) in [5, 5.41) is 23.8. The van der Waals surface area contributed by atoms with E-state index in [2.05, 4.69) is 0 Å². The van der Waals surface area contributed by atoms with Crippen molar-refractivity contribution in [3.8, 4) is 0 Å². The van der Waals surface area contributed by atoms with E-state index in [1.165, 1.54) is 24.3 Å². The molecule has 9 nitrogen and oxygen atoms in total. The molecule has 5 rings (SSSR count). The molecular formula is C28H26N4O5. The molecule has 1 saturated heterocycles. The normalized spacial score (nSPS) is 14.1. The van der Waals surface area contributed by atoms with Crippen molar-refractivity contribution in [1.82, 2.24) is 9.47 Å². The fourth-order valence-corrected chi connectivity index (χ4v) is 5.15. The van der Waals surface area contributed by atoms with Gasteiger partial charge in [-0.05, 0) is 35.6 Å². The number of amides is 1. The van der Waals surface area contributed by atoms with Gasteiger partial charge in [-0.15, -0.1) is 0 Å². The van der Waals surface area contributed by atoms with Gasteiger partial charge >= 0.3 is 0 Å². The van der Waals surface area contributed by atoms with Crippen LogP contribution in [0.4, 0.5) is 11.4 Å². The average Bonchev–Trinajstić information content (AvgIpc) is 3.57. The smallest absolute Gasteiger partial charge is 0.270 e. The fraction of sp³-hybridized carbons (Fsp3) is 0.250. The van der Waals surface area contributed by atoms with Gasteiger partial charge in [0, 0.05) is 73.3 Å². The summed E-state index contributed by atoms with van der Waals surface area (Å²) in [6.45, 7) is 1.93. The van der Waals surface area contributed by atoms with Crippen LogP contribution in [0.5, 0.6) is 0 Å². The Hall–Kier alpha value is -4.53. The summed E-state index contributed by atoms with van der Waals surface area (Å²) in [4.78, 5) is 37.4. The topological polar surface area (TPSA) is 112 Å². The zero-order valence-corrected chi connectivity index (χ0v) is 20.2. The number of non-ortho nitro benzene ring substituents is 2. The van der Waals surface area contributed by atoms with Crippen molar-refractivity contribution in [3.63, 3.8) is 0 Å². The molecule has 188 valence electrons. The SMILES string of the molecule is O=C(C[C@H](c1cccc([N+](=O)[O-])c1)c1cn(Cc2ccccc2)c2ccc([N+](=O)[O-])cc12)N1CCCC1. The van der Waals surface area contributed by atoms with Crippen molar-refractivity contribution < 1.29 is 14.6 Å². The predicted molar refractivity (Wildman–Crippen MR) is 140 cm³/mol. The molecule has 1 aromatic heterocycles. The first-order chi connectivity index (χ1) is 17.9. The van der Waals surface area contributed by atoms with Crippen LogP contribution in [-0.4, -0.2) is 38.3 Å². The molecule has 0 spiro atoms. The number of hydrogen-bond acceptors (Lipinski definition) is 5. The number of nitro benzene ring substituents is 2. The molecule has 1 atom stereocenters. The summed E-state index contributed by atoms with van der Waals surface area (Å²) in [5.74, 6) is -0.530. The molecule has 0 N–H and O–H groups in total. The molecule has 9 heteroatoms. The Morgan fingerprint density at radius 2 is 1.57 bits per heavy atom. The van der Waals surface area contributed by atoms with Crippen LogP contribution in [0.3, 0.4) is 0 Å². The highest BCUT2D eigenvalue weighted by Gasteiger charge is 2.28. The quantitative estimate of drug-likeness (QED) is 0.230. The minimum Gasteiger partial charge on any atom is -0.343 e. The predicted octanol–water partition coefficient (Wildman–Crippen LogP) is 5.65. The molecule has 1 amide bonds. The van der Waals surface area contributed by atoms with Gasteiger partial charge in [0.15, 0.2) is 0 Å². The molecule has 0 unspecified atom stereocenters. The summed E-state index contributed by atoms with van der Waals surface area (Å²) < 4.78 is 2.02. The number of nitrogens with zero attached hydrogens (tertiary/aromatic N) is 4. The summed E-state index contributed by atoms with van der Waals surface area (Å²) in [7, 11) is 0. The highest BCUT2D eigenvalue weighted by atomic mass is 16.6. The number of carbonyl (C=O) groups is 1. The summed E-state index contributed by atoms with van der Waals surface area (Å²) >= 11 is 0. The Labute approximate surface area is 213 Å². The number of aromatic nitrogens is 1. The van der Waals surface area contributed by atoms with Gasteiger partial charge < -0.3 is 9.47 Å². The zero-order valence-electron chi connectivity index (χ0n) is 20.2. The van der Waals surface area contributed by atoms with Gasteiger partial charge in [0.2, 0.25) is 5.91 Å². The fourth-order valence-electron chi connectivity index (χ4n) is 5.15. The Bertz CT molecular complexity index is 1470. The first kappa shape index (κ1) is 24.2. The van der Waals surface area contributed by atoms with E-state index in [1.807, 2.05) is 46.0 Å². The van der Waals surface area contributed by atoms with Crippen LogP contribution < -0.4 is 0 Å². The van der Waals surface area contributed by atoms with Gasteiger partial charge in [-0.1, -0.05) is 42.5 Å². The molecule has 0 aliphatic carbocycles. The van der Waals surface area contributed by atoms with Crippen molar-refractivity contribution in [2.45, 2.75) is 31.7 Å². The number of likely N-dealkylation sites (tertiary alicyclic amines) is 1. The largest absolute Gasteiger partial charge is 0.343 e. The van der Waals surface area contributed by atoms with Crippen molar-refractivity contribution >= 4 is 28.2 Å². The number of rotatable bonds is 8. The van der Waals surface area contributed by atoms with Crippen LogP contribution in [0.25, 0.3) is 10.9 Å². The summed E-state index contributed by atoms with van der Waals surface area (Å²) in [6.07, 6.45) is 3.96. The number of benzene rings is 3. The van der Waals surface area contributed by atoms with E-state index in [9.17, 15) is 25.0 Å². The third-order valence-corrected chi connectivity index (χ3v) is 7.00. The van der Waals surface area contributed by atoms with Crippen molar-refractivity contribution in [2.75, 3.05) is 13.1 Å². The lowest BCUT2D eigenvalue weighted by Crippen LogP contribution is -2.29. The maximum atomic E-state index is 13.3. The molecule has 1 aliphatic heterocycles. The third kappa shape index (κ3) is 5.06. The second-order valence-corrected chi connectivity index (χ2v) is 9.35. The number of fused-ring (bicyclic) bond motifs is 1.